The quantitative estimate of drug-likeness (QED) is 0.669. The highest BCUT2D eigenvalue weighted by Gasteiger charge is 2.31. The van der Waals surface area contributed by atoms with E-state index >= 15 is 0 Å². The van der Waals surface area contributed by atoms with Crippen LogP contribution >= 0.6 is 11.6 Å². The summed E-state index contributed by atoms with van der Waals surface area (Å²) in [7, 11) is 0. The summed E-state index contributed by atoms with van der Waals surface area (Å²) in [6, 6.07) is 21.8. The molecule has 0 saturated heterocycles. The molecule has 0 aliphatic carbocycles. The monoisotopic (exact) mass is 390 g/mol. The normalized spacial score (nSPS) is 15.2. The Morgan fingerprint density at radius 2 is 1.57 bits per heavy atom. The number of rotatable bonds is 3. The molecule has 28 heavy (non-hydrogen) atoms. The Kier molecular flexibility index (Phi) is 4.88. The number of nitrogens with one attached hydrogen (secondary N) is 1. The van der Waals surface area contributed by atoms with E-state index in [0.717, 1.165) is 12.1 Å². The van der Waals surface area contributed by atoms with E-state index < -0.39 is 0 Å². The predicted octanol–water partition coefficient (Wildman–Crippen LogP) is 5.18. The molecule has 0 fully saturated rings. The molecule has 1 unspecified atom stereocenters. The fraction of sp³-hybridized carbons (Fsp3) is 0.130. The molecule has 1 aliphatic heterocycles. The lowest BCUT2D eigenvalue weighted by Crippen LogP contribution is -2.35. The van der Waals surface area contributed by atoms with Crippen molar-refractivity contribution in [2.24, 2.45) is 0 Å². The predicted molar refractivity (Wildman–Crippen MR) is 112 cm³/mol. The van der Waals surface area contributed by atoms with E-state index in [1.807, 2.05) is 30.0 Å². The minimum Gasteiger partial charge on any atom is -0.321 e. The van der Waals surface area contributed by atoms with Gasteiger partial charge in [-0.25, -0.2) is 0 Å². The summed E-state index contributed by atoms with van der Waals surface area (Å²) < 4.78 is 0. The van der Waals surface area contributed by atoms with Crippen molar-refractivity contribution in [2.75, 3.05) is 10.2 Å². The Balaban J connectivity index is 1.53. The highest BCUT2D eigenvalue weighted by atomic mass is 35.5. The van der Waals surface area contributed by atoms with E-state index in [0.29, 0.717) is 21.8 Å². The third-order valence-corrected chi connectivity index (χ3v) is 5.27. The molecule has 0 saturated carbocycles. The van der Waals surface area contributed by atoms with Crippen LogP contribution in [0.3, 0.4) is 0 Å². The molecule has 0 spiro atoms. The van der Waals surface area contributed by atoms with Crippen molar-refractivity contribution in [3.8, 4) is 0 Å². The largest absolute Gasteiger partial charge is 0.321 e. The summed E-state index contributed by atoms with van der Waals surface area (Å²) in [5.74, 6) is -0.331. The first-order valence-electron chi connectivity index (χ1n) is 9.12. The molecule has 1 atom stereocenters. The van der Waals surface area contributed by atoms with Gasteiger partial charge in [-0.05, 0) is 61.4 Å². The number of carbonyl (C=O) groups is 2. The molecule has 4 rings (SSSR count). The first-order chi connectivity index (χ1) is 13.5. The van der Waals surface area contributed by atoms with Crippen LogP contribution in [0.25, 0.3) is 0 Å². The molecule has 0 radical (unpaired) electrons. The van der Waals surface area contributed by atoms with Crippen LogP contribution in [0.2, 0.25) is 5.02 Å². The van der Waals surface area contributed by atoms with Crippen LogP contribution in [0.5, 0.6) is 0 Å². The van der Waals surface area contributed by atoms with Gasteiger partial charge in [0.05, 0.1) is 10.7 Å². The van der Waals surface area contributed by atoms with E-state index in [1.54, 1.807) is 48.5 Å². The number of anilines is 2. The zero-order chi connectivity index (χ0) is 19.7. The fourth-order valence-electron chi connectivity index (χ4n) is 3.54. The van der Waals surface area contributed by atoms with Crippen LogP contribution in [0, 0.1) is 0 Å². The number of fused-ring (bicyclic) bond motifs is 1. The lowest BCUT2D eigenvalue weighted by molar-refractivity contribution is 0.0978. The Hall–Kier alpha value is -3.11. The van der Waals surface area contributed by atoms with E-state index in [4.69, 9.17) is 11.6 Å². The molecule has 1 N–H and O–H groups in total. The van der Waals surface area contributed by atoms with E-state index in [1.165, 1.54) is 5.56 Å². The van der Waals surface area contributed by atoms with Gasteiger partial charge >= 0.3 is 0 Å². The maximum atomic E-state index is 13.0. The number of carbonyl (C=O) groups excluding carboxylic acids is 2. The standard InChI is InChI=1S/C23H19ClN2O2/c1-15-14-18-6-2-5-9-21(18)26(15)23(28)17-12-10-16(11-13-17)22(27)25-20-8-4-3-7-19(20)24/h2-13,15H,14H2,1H3,(H,25,27). The minimum absolute atomic E-state index is 0.0597. The average molecular weight is 391 g/mol. The molecule has 2 amide bonds. The van der Waals surface area contributed by atoms with Gasteiger partial charge in [0.25, 0.3) is 11.8 Å². The lowest BCUT2D eigenvalue weighted by atomic mass is 10.1. The number of halogens is 1. The molecule has 1 aliphatic rings. The Morgan fingerprint density at radius 3 is 2.32 bits per heavy atom. The molecule has 4 nitrogen and oxygen atoms in total. The van der Waals surface area contributed by atoms with Crippen LogP contribution in [0.4, 0.5) is 11.4 Å². The lowest BCUT2D eigenvalue weighted by Gasteiger charge is -2.23. The maximum absolute atomic E-state index is 13.0. The average Bonchev–Trinajstić information content (AvgIpc) is 3.05. The summed E-state index contributed by atoms with van der Waals surface area (Å²) in [6.45, 7) is 2.04. The summed E-state index contributed by atoms with van der Waals surface area (Å²) in [4.78, 5) is 27.3. The molecule has 3 aromatic rings. The van der Waals surface area contributed by atoms with Gasteiger partial charge in [0.2, 0.25) is 0 Å². The molecule has 3 aromatic carbocycles. The Labute approximate surface area is 168 Å². The van der Waals surface area contributed by atoms with Gasteiger partial charge in [0, 0.05) is 22.9 Å². The van der Waals surface area contributed by atoms with Gasteiger partial charge in [-0.15, -0.1) is 0 Å². The van der Waals surface area contributed by atoms with E-state index in [-0.39, 0.29) is 17.9 Å². The van der Waals surface area contributed by atoms with Crippen molar-refractivity contribution >= 4 is 34.8 Å². The SMILES string of the molecule is CC1Cc2ccccc2N1C(=O)c1ccc(C(=O)Nc2ccccc2Cl)cc1. The Morgan fingerprint density at radius 1 is 0.929 bits per heavy atom. The zero-order valence-corrected chi connectivity index (χ0v) is 16.1. The summed E-state index contributed by atoms with van der Waals surface area (Å²) in [5, 5.41) is 3.26. The van der Waals surface area contributed by atoms with Crippen molar-refractivity contribution in [3.63, 3.8) is 0 Å². The summed E-state index contributed by atoms with van der Waals surface area (Å²) in [5.41, 5.74) is 3.71. The van der Waals surface area contributed by atoms with Gasteiger partial charge < -0.3 is 10.2 Å². The first-order valence-corrected chi connectivity index (χ1v) is 9.50. The highest BCUT2D eigenvalue weighted by molar-refractivity contribution is 6.33. The first kappa shape index (κ1) is 18.3. The number of amides is 2. The number of para-hydroxylation sites is 2. The van der Waals surface area contributed by atoms with Crippen LogP contribution in [0.1, 0.15) is 33.2 Å². The topological polar surface area (TPSA) is 49.4 Å². The van der Waals surface area contributed by atoms with E-state index in [2.05, 4.69) is 11.4 Å². The molecule has 140 valence electrons. The molecular formula is C23H19ClN2O2. The molecule has 1 heterocycles. The van der Waals surface area contributed by atoms with Gasteiger partial charge in [0.15, 0.2) is 0 Å². The highest BCUT2D eigenvalue weighted by Crippen LogP contribution is 2.33. The minimum atomic E-state index is -0.271. The number of benzene rings is 3. The van der Waals surface area contributed by atoms with Crippen LogP contribution in [-0.4, -0.2) is 17.9 Å². The summed E-state index contributed by atoms with van der Waals surface area (Å²) in [6.07, 6.45) is 0.847. The zero-order valence-electron chi connectivity index (χ0n) is 15.4. The number of hydrogen-bond acceptors (Lipinski definition) is 2. The van der Waals surface area contributed by atoms with Crippen LogP contribution < -0.4 is 10.2 Å². The molecule has 0 aromatic heterocycles. The van der Waals surface area contributed by atoms with Crippen molar-refractivity contribution in [1.29, 1.82) is 0 Å². The third-order valence-electron chi connectivity index (χ3n) is 4.94. The Bertz CT molecular complexity index is 1050. The second-order valence-electron chi connectivity index (χ2n) is 6.87. The molecule has 5 heteroatoms. The van der Waals surface area contributed by atoms with E-state index in [9.17, 15) is 9.59 Å². The van der Waals surface area contributed by atoms with Gasteiger partial charge in [-0.3, -0.25) is 9.59 Å². The molecular weight excluding hydrogens is 372 g/mol. The van der Waals surface area contributed by atoms with Crippen molar-refractivity contribution < 1.29 is 9.59 Å². The van der Waals surface area contributed by atoms with Gasteiger partial charge in [-0.1, -0.05) is 41.9 Å². The maximum Gasteiger partial charge on any atom is 0.258 e. The third kappa shape index (κ3) is 3.39. The van der Waals surface area contributed by atoms with Crippen LogP contribution in [-0.2, 0) is 6.42 Å². The van der Waals surface area contributed by atoms with Gasteiger partial charge in [0.1, 0.15) is 0 Å². The number of nitrogens with zero attached hydrogens (tertiary/aromatic N) is 1. The number of hydrogen-bond donors (Lipinski definition) is 1. The van der Waals surface area contributed by atoms with Crippen LogP contribution in [0.15, 0.2) is 72.8 Å². The smallest absolute Gasteiger partial charge is 0.258 e. The fourth-order valence-corrected chi connectivity index (χ4v) is 3.72. The summed E-state index contributed by atoms with van der Waals surface area (Å²) >= 11 is 6.09. The van der Waals surface area contributed by atoms with Crippen molar-refractivity contribution in [1.82, 2.24) is 0 Å². The second-order valence-corrected chi connectivity index (χ2v) is 7.28. The van der Waals surface area contributed by atoms with Crippen molar-refractivity contribution in [2.45, 2.75) is 19.4 Å². The van der Waals surface area contributed by atoms with Gasteiger partial charge in [-0.2, -0.15) is 0 Å². The van der Waals surface area contributed by atoms with Crippen molar-refractivity contribution in [3.05, 3.63) is 94.5 Å². The second kappa shape index (κ2) is 7.49. The molecule has 0 bridgehead atoms.